The molecule has 3 saturated heterocycles. The van der Waals surface area contributed by atoms with Gasteiger partial charge in [-0.3, -0.25) is 14.5 Å². The van der Waals surface area contributed by atoms with Crippen LogP contribution in [-0.2, 0) is 47.5 Å². The standard InChI is InChI=1S/C44H69NO10/c1-11-18-45(7)36-16-17-39(51-26(36)5)55-37-15-13-14-28(12-2)53-38(46)23-34-31-19-24(3)30-20-29(21-32(30)33(31)22-35(34)40(47)25(37)4)54-44-43(50-10)42(49-9)41(48-8)27(6)52-44/h11,19,22,25-34,36-37,39,41-44H,1,12-18,20-21,23H2,2-10H3/t25-,26?,27?,28+,29-,30+,31-,32-,33-,34+,36+,37+,39+,41+,42?,43+,44+/m1/s1. The number of nitrogens with zero attached hydrogens (tertiary/aromatic N) is 1. The highest BCUT2D eigenvalue weighted by atomic mass is 16.7. The van der Waals surface area contributed by atoms with Gasteiger partial charge in [0.1, 0.15) is 24.4 Å². The molecule has 1 saturated carbocycles. The van der Waals surface area contributed by atoms with E-state index in [-0.39, 0.29) is 103 Å². The number of fused-ring (bicyclic) bond motifs is 5. The molecule has 4 fully saturated rings. The predicted octanol–water partition coefficient (Wildman–Crippen LogP) is 6.43. The number of likely N-dealkylation sites (N-methyl/N-ethyl adjacent to an activating group) is 1. The molecule has 17 atom stereocenters. The van der Waals surface area contributed by atoms with Crippen LogP contribution in [0.5, 0.6) is 0 Å². The van der Waals surface area contributed by atoms with Crippen LogP contribution in [0.2, 0.25) is 0 Å². The van der Waals surface area contributed by atoms with Crippen molar-refractivity contribution in [2.24, 2.45) is 35.5 Å². The summed E-state index contributed by atoms with van der Waals surface area (Å²) in [5.41, 5.74) is 2.06. The number of cyclic esters (lactones) is 1. The number of ketones is 1. The van der Waals surface area contributed by atoms with Crippen LogP contribution in [0.15, 0.2) is 36.0 Å². The molecule has 6 aliphatic rings. The van der Waals surface area contributed by atoms with Crippen molar-refractivity contribution in [2.75, 3.05) is 34.9 Å². The van der Waals surface area contributed by atoms with Gasteiger partial charge in [0.05, 0.1) is 30.8 Å². The first-order valence-electron chi connectivity index (χ1n) is 21.1. The lowest BCUT2D eigenvalue weighted by Gasteiger charge is -2.44. The number of esters is 1. The van der Waals surface area contributed by atoms with E-state index in [1.54, 1.807) is 21.3 Å². The van der Waals surface area contributed by atoms with Crippen LogP contribution in [0.1, 0.15) is 92.4 Å². The third-order valence-corrected chi connectivity index (χ3v) is 14.0. The first-order chi connectivity index (χ1) is 26.4. The summed E-state index contributed by atoms with van der Waals surface area (Å²) in [5, 5.41) is 0. The number of hydrogen-bond donors (Lipinski definition) is 0. The van der Waals surface area contributed by atoms with E-state index >= 15 is 0 Å². The van der Waals surface area contributed by atoms with Gasteiger partial charge >= 0.3 is 5.97 Å². The zero-order chi connectivity index (χ0) is 39.6. The molecule has 0 amide bonds. The Hall–Kier alpha value is -1.96. The summed E-state index contributed by atoms with van der Waals surface area (Å²) < 4.78 is 49.9. The highest BCUT2D eigenvalue weighted by Gasteiger charge is 2.53. The van der Waals surface area contributed by atoms with Gasteiger partial charge in [0.2, 0.25) is 0 Å². The number of Topliss-reactive ketones (excluding diaryl/α,β-unsaturated/α-hetero) is 1. The van der Waals surface area contributed by atoms with Gasteiger partial charge in [-0.05, 0) is 108 Å². The third-order valence-electron chi connectivity index (χ3n) is 14.0. The molecule has 0 bridgehead atoms. The fourth-order valence-electron chi connectivity index (χ4n) is 11.0. The molecule has 0 aromatic carbocycles. The molecule has 11 nitrogen and oxygen atoms in total. The number of hydrogen-bond acceptors (Lipinski definition) is 11. The molecule has 6 rings (SSSR count). The number of carbonyl (C=O) groups is 2. The molecular weight excluding hydrogens is 702 g/mol. The zero-order valence-electron chi connectivity index (χ0n) is 34.9. The lowest BCUT2D eigenvalue weighted by Crippen LogP contribution is -2.59. The van der Waals surface area contributed by atoms with Crippen LogP contribution in [0, 0.1) is 35.5 Å². The maximum absolute atomic E-state index is 14.8. The van der Waals surface area contributed by atoms with Gasteiger partial charge in [-0.25, -0.2) is 0 Å². The van der Waals surface area contributed by atoms with Gasteiger partial charge in [-0.2, -0.15) is 0 Å². The predicted molar refractivity (Wildman–Crippen MR) is 208 cm³/mol. The lowest BCUT2D eigenvalue weighted by molar-refractivity contribution is -0.314. The molecule has 3 aliphatic heterocycles. The molecule has 0 aromatic heterocycles. The Morgan fingerprint density at radius 1 is 0.873 bits per heavy atom. The van der Waals surface area contributed by atoms with E-state index in [9.17, 15) is 9.59 Å². The molecule has 3 aliphatic carbocycles. The number of ether oxygens (including phenoxy) is 8. The molecule has 55 heavy (non-hydrogen) atoms. The summed E-state index contributed by atoms with van der Waals surface area (Å²) in [6, 6.07) is 0.285. The minimum atomic E-state index is -0.603. The average molecular weight is 772 g/mol. The van der Waals surface area contributed by atoms with E-state index in [1.165, 1.54) is 5.57 Å². The molecule has 3 unspecified atom stereocenters. The van der Waals surface area contributed by atoms with Gasteiger partial charge in [0.25, 0.3) is 0 Å². The van der Waals surface area contributed by atoms with Crippen LogP contribution in [0.4, 0.5) is 0 Å². The van der Waals surface area contributed by atoms with Crippen LogP contribution < -0.4 is 0 Å². The number of rotatable bonds is 11. The van der Waals surface area contributed by atoms with Crippen molar-refractivity contribution in [2.45, 2.75) is 160 Å². The Kier molecular flexibility index (Phi) is 14.5. The van der Waals surface area contributed by atoms with Gasteiger partial charge in [0.15, 0.2) is 18.4 Å². The Bertz CT molecular complexity index is 1400. The van der Waals surface area contributed by atoms with E-state index in [4.69, 9.17) is 37.9 Å². The highest BCUT2D eigenvalue weighted by Crippen LogP contribution is 2.56. The Morgan fingerprint density at radius 2 is 1.62 bits per heavy atom. The number of allylic oxidation sites excluding steroid dienone is 4. The van der Waals surface area contributed by atoms with Crippen LogP contribution in [0.3, 0.4) is 0 Å². The Balaban J connectivity index is 1.22. The van der Waals surface area contributed by atoms with Gasteiger partial charge in [0, 0.05) is 45.8 Å². The van der Waals surface area contributed by atoms with E-state index in [0.717, 1.165) is 57.1 Å². The summed E-state index contributed by atoms with van der Waals surface area (Å²) in [4.78, 5) is 30.7. The average Bonchev–Trinajstić information content (AvgIpc) is 3.74. The molecule has 0 N–H and O–H groups in total. The van der Waals surface area contributed by atoms with Crippen molar-refractivity contribution in [3.63, 3.8) is 0 Å². The maximum Gasteiger partial charge on any atom is 0.306 e. The van der Waals surface area contributed by atoms with Gasteiger partial charge < -0.3 is 37.9 Å². The Labute approximate surface area is 329 Å². The quantitative estimate of drug-likeness (QED) is 0.171. The topological polar surface area (TPSA) is 111 Å². The largest absolute Gasteiger partial charge is 0.462 e. The molecule has 11 heteroatoms. The van der Waals surface area contributed by atoms with Crippen LogP contribution in [-0.4, -0.2) is 119 Å². The highest BCUT2D eigenvalue weighted by molar-refractivity contribution is 5.99. The molecule has 310 valence electrons. The smallest absolute Gasteiger partial charge is 0.306 e. The number of methoxy groups -OCH3 is 3. The van der Waals surface area contributed by atoms with Crippen molar-refractivity contribution in [1.29, 1.82) is 0 Å². The first-order valence-corrected chi connectivity index (χ1v) is 21.1. The summed E-state index contributed by atoms with van der Waals surface area (Å²) in [7, 11) is 7.09. The van der Waals surface area contributed by atoms with Crippen LogP contribution in [0.25, 0.3) is 0 Å². The summed E-state index contributed by atoms with van der Waals surface area (Å²) >= 11 is 0. The van der Waals surface area contributed by atoms with E-state index in [0.29, 0.717) is 12.3 Å². The van der Waals surface area contributed by atoms with Crippen molar-refractivity contribution in [3.05, 3.63) is 36.0 Å². The van der Waals surface area contributed by atoms with E-state index < -0.39 is 12.4 Å². The minimum Gasteiger partial charge on any atom is -0.462 e. The second-order valence-electron chi connectivity index (χ2n) is 17.2. The molecular formula is C44H69NO10. The monoisotopic (exact) mass is 771 g/mol. The SMILES string of the molecule is C=CCN(C)[C@H]1CC[C@H](O[C@H]2CCC[C@H](CC)OC(=O)C[C@@H]3C(=C[C@@H]4[C@H]3C=C(C)[C@@H]3C[C@@H](O[C@@H]5OC(C)[C@H](OC)C(OC)[C@@H]5OC)C[C@@H]43)C(=O)[C@@H]2C)OC1C. The summed E-state index contributed by atoms with van der Waals surface area (Å²) in [6.45, 7) is 15.1. The van der Waals surface area contributed by atoms with Crippen LogP contribution >= 0.6 is 0 Å². The fraction of sp³-hybridized carbons (Fsp3) is 0.818. The fourth-order valence-corrected chi connectivity index (χ4v) is 11.0. The van der Waals surface area contributed by atoms with Crippen molar-refractivity contribution in [1.82, 2.24) is 4.90 Å². The normalized spacial score (nSPS) is 44.0. The second-order valence-corrected chi connectivity index (χ2v) is 17.2. The Morgan fingerprint density at radius 3 is 2.29 bits per heavy atom. The zero-order valence-corrected chi connectivity index (χ0v) is 34.9. The second kappa shape index (κ2) is 18.7. The molecule has 0 radical (unpaired) electrons. The van der Waals surface area contributed by atoms with E-state index in [2.05, 4.69) is 51.4 Å². The molecule has 0 aromatic rings. The first kappa shape index (κ1) is 42.6. The lowest BCUT2D eigenvalue weighted by atomic mass is 9.67. The van der Waals surface area contributed by atoms with Crippen molar-refractivity contribution >= 4 is 11.8 Å². The maximum atomic E-state index is 14.8. The third kappa shape index (κ3) is 9.04. The van der Waals surface area contributed by atoms with Crippen molar-refractivity contribution in [3.8, 4) is 0 Å². The molecule has 3 heterocycles. The summed E-state index contributed by atoms with van der Waals surface area (Å²) in [5.74, 6) is -0.0537. The minimum absolute atomic E-state index is 0.00536. The summed E-state index contributed by atoms with van der Waals surface area (Å²) in [6.07, 6.45) is 10.3. The number of carbonyl (C=O) groups excluding carboxylic acids is 2. The van der Waals surface area contributed by atoms with Crippen molar-refractivity contribution < 1.29 is 47.5 Å². The van der Waals surface area contributed by atoms with E-state index in [1.807, 2.05) is 19.9 Å². The molecule has 0 spiro atoms. The van der Waals surface area contributed by atoms with Gasteiger partial charge in [-0.1, -0.05) is 37.6 Å². The van der Waals surface area contributed by atoms with Gasteiger partial charge in [-0.15, -0.1) is 6.58 Å².